The molecular weight excluding hydrogens is 1010 g/mol. The number of benzene rings is 6. The molecule has 0 saturated heterocycles. The lowest BCUT2D eigenvalue weighted by atomic mass is 9.12. The number of nitrogens with zero attached hydrogens (tertiary/aromatic N) is 1. The number of aryl methyl sites for hydroxylation is 1. The molecule has 1 aromatic heterocycles. The number of hydrogen-bond acceptors (Lipinski definition) is 1. The summed E-state index contributed by atoms with van der Waals surface area (Å²) in [6, 6.07) is 18.9. The van der Waals surface area contributed by atoms with Gasteiger partial charge in [0.1, 0.15) is 52.7 Å². The summed E-state index contributed by atoms with van der Waals surface area (Å²) in [6.45, 7) is 2.27. The lowest BCUT2D eigenvalue weighted by molar-refractivity contribution is -0.874. The lowest BCUT2D eigenvalue weighted by Gasteiger charge is -2.44. The van der Waals surface area contributed by atoms with Crippen LogP contribution >= 0.6 is 0 Å². The fourth-order valence-electron chi connectivity index (χ4n) is 8.35. The molecule has 0 atom stereocenters. The first kappa shape index (κ1) is 54.5. The molecule has 0 bridgehead atoms. The highest BCUT2D eigenvalue weighted by molar-refractivity contribution is 7.20. The quantitative estimate of drug-likeness (QED) is 0.0249. The van der Waals surface area contributed by atoms with Crippen LogP contribution in [0.25, 0.3) is 10.8 Å². The van der Waals surface area contributed by atoms with E-state index in [4.69, 9.17) is 4.84 Å². The second kappa shape index (κ2) is 22.3. The third kappa shape index (κ3) is 9.89. The van der Waals surface area contributed by atoms with E-state index < -0.39 is 144 Å². The van der Waals surface area contributed by atoms with Gasteiger partial charge in [-0.25, -0.2) is 92.6 Å². The standard InChI is InChI=1S/C25H32NO.C24BF20/c1-2-3-4-5-6-7-8-9-12-22-15-17-25(18-16-22)27-26-20-19-23-13-10-11-14-24(23)21-26;26-5-1(6(27)14(35)21(42)13(5)34)25(2-7(28)15(36)22(43)16(37)8(2)29,3-9(30)17(38)23(44)18(39)10(3)31)4-11(32)19(40)24(45)20(41)12(4)33/h10-11,13-21H,2-9,12H2,1H3;/q+1;-1. The maximum absolute atomic E-state index is 15.4. The molecule has 0 saturated carbocycles. The number of aromatic nitrogens is 1. The van der Waals surface area contributed by atoms with Crippen molar-refractivity contribution < 1.29 is 97.4 Å². The zero-order chi connectivity index (χ0) is 53.1. The Kier molecular flexibility index (Phi) is 16.9. The first-order valence-electron chi connectivity index (χ1n) is 21.5. The van der Waals surface area contributed by atoms with Crippen LogP contribution in [0.15, 0.2) is 67.0 Å². The van der Waals surface area contributed by atoms with Crippen LogP contribution in [-0.4, -0.2) is 6.15 Å². The normalized spacial score (nSPS) is 11.6. The molecule has 0 amide bonds. The summed E-state index contributed by atoms with van der Waals surface area (Å²) in [7, 11) is 0. The lowest BCUT2D eigenvalue weighted by Crippen LogP contribution is -2.81. The zero-order valence-electron chi connectivity index (χ0n) is 36.7. The van der Waals surface area contributed by atoms with Gasteiger partial charge >= 0.3 is 0 Å². The molecule has 2 nitrogen and oxygen atoms in total. The minimum Gasteiger partial charge on any atom is -0.232 e. The van der Waals surface area contributed by atoms with E-state index in [1.165, 1.54) is 74.1 Å². The van der Waals surface area contributed by atoms with Gasteiger partial charge in [0.15, 0.2) is 69.8 Å². The molecule has 382 valence electrons. The number of unbranched alkanes of at least 4 members (excludes halogenated alkanes) is 7. The number of fused-ring (bicyclic) bond motifs is 1. The van der Waals surface area contributed by atoms with Crippen molar-refractivity contribution in [2.75, 3.05) is 0 Å². The molecule has 72 heavy (non-hydrogen) atoms. The van der Waals surface area contributed by atoms with Gasteiger partial charge in [-0.2, -0.15) is 0 Å². The van der Waals surface area contributed by atoms with Gasteiger partial charge < -0.3 is 0 Å². The van der Waals surface area contributed by atoms with Crippen molar-refractivity contribution in [2.45, 2.75) is 64.7 Å². The van der Waals surface area contributed by atoms with Gasteiger partial charge in [0.05, 0.1) is 5.39 Å². The van der Waals surface area contributed by atoms with E-state index in [2.05, 4.69) is 55.5 Å². The van der Waals surface area contributed by atoms with Crippen molar-refractivity contribution in [3.63, 3.8) is 0 Å². The van der Waals surface area contributed by atoms with Crippen LogP contribution < -0.4 is 31.4 Å². The molecule has 23 heteroatoms. The van der Waals surface area contributed by atoms with Crippen LogP contribution in [0.3, 0.4) is 0 Å². The molecule has 0 aliphatic heterocycles. The van der Waals surface area contributed by atoms with Crippen molar-refractivity contribution in [3.8, 4) is 5.75 Å². The molecule has 0 aliphatic carbocycles. The van der Waals surface area contributed by atoms with E-state index >= 15 is 35.1 Å². The molecule has 1 heterocycles. The second-order valence-electron chi connectivity index (χ2n) is 16.2. The van der Waals surface area contributed by atoms with Crippen molar-refractivity contribution in [1.82, 2.24) is 0 Å². The molecule has 0 unspecified atom stereocenters. The van der Waals surface area contributed by atoms with Crippen molar-refractivity contribution >= 4 is 38.8 Å². The largest absolute Gasteiger partial charge is 0.232 e. The second-order valence-corrected chi connectivity index (χ2v) is 16.2. The Labute approximate surface area is 395 Å². The molecule has 7 aromatic rings. The summed E-state index contributed by atoms with van der Waals surface area (Å²) < 4.78 is 296. The SMILES string of the molecule is CCCCCCCCCCc1ccc(O[n+]2ccc3ccccc3c2)cc1.Fc1c(F)c(F)c([B-](c2c(F)c(F)c(F)c(F)c2F)(c2c(F)c(F)c(F)c(F)c2F)c2c(F)c(F)c(F)c(F)c2F)c(F)c1F. The fraction of sp³-hybridized carbons (Fsp3) is 0.204. The smallest absolute Gasteiger partial charge is 0.230 e. The third-order valence-electron chi connectivity index (χ3n) is 11.8. The van der Waals surface area contributed by atoms with E-state index in [1.54, 1.807) is 4.73 Å². The third-order valence-corrected chi connectivity index (χ3v) is 11.8. The molecule has 0 spiro atoms. The Morgan fingerprint density at radius 3 is 1.00 bits per heavy atom. The van der Waals surface area contributed by atoms with Gasteiger partial charge in [0.25, 0.3) is 0 Å². The monoisotopic (exact) mass is 1040 g/mol. The highest BCUT2D eigenvalue weighted by Crippen LogP contribution is 2.31. The number of hydrogen-bond donors (Lipinski definition) is 0. The molecular formula is C49H32BF20NO. The molecule has 0 fully saturated rings. The van der Waals surface area contributed by atoms with E-state index in [9.17, 15) is 52.7 Å². The van der Waals surface area contributed by atoms with Gasteiger partial charge in [-0.05, 0) is 42.0 Å². The summed E-state index contributed by atoms with van der Waals surface area (Å²) in [5, 5.41) is 2.39. The maximum Gasteiger partial charge on any atom is 0.230 e. The van der Waals surface area contributed by atoms with Crippen LogP contribution in [0.2, 0.25) is 0 Å². The molecule has 6 aromatic carbocycles. The topological polar surface area (TPSA) is 13.1 Å². The Bertz CT molecular complexity index is 2790. The summed E-state index contributed by atoms with van der Waals surface area (Å²) in [5.41, 5.74) is -12.9. The van der Waals surface area contributed by atoms with E-state index in [-0.39, 0.29) is 0 Å². The summed E-state index contributed by atoms with van der Waals surface area (Å²) in [5.74, 6) is -70.5. The van der Waals surface area contributed by atoms with Gasteiger partial charge in [0.2, 0.25) is 18.1 Å². The van der Waals surface area contributed by atoms with Gasteiger partial charge in [-0.3, -0.25) is 0 Å². The van der Waals surface area contributed by atoms with Crippen molar-refractivity contribution in [3.05, 3.63) is 189 Å². The predicted octanol–water partition coefficient (Wildman–Crippen LogP) is 12.5. The van der Waals surface area contributed by atoms with E-state index in [0.29, 0.717) is 0 Å². The van der Waals surface area contributed by atoms with Gasteiger partial charge in [0, 0.05) is 10.8 Å². The first-order valence-corrected chi connectivity index (χ1v) is 21.5. The van der Waals surface area contributed by atoms with Crippen LogP contribution in [0.1, 0.15) is 63.9 Å². The predicted molar refractivity (Wildman–Crippen MR) is 222 cm³/mol. The van der Waals surface area contributed by atoms with E-state index in [0.717, 1.165) is 5.75 Å². The highest BCUT2D eigenvalue weighted by Gasteiger charge is 2.52. The first-order chi connectivity index (χ1) is 34.0. The number of rotatable bonds is 15. The van der Waals surface area contributed by atoms with Crippen LogP contribution in [0.4, 0.5) is 87.8 Å². The fourth-order valence-corrected chi connectivity index (χ4v) is 8.35. The Morgan fingerprint density at radius 1 is 0.347 bits per heavy atom. The Hall–Kier alpha value is -6.81. The Morgan fingerprint density at radius 2 is 0.653 bits per heavy atom. The van der Waals surface area contributed by atoms with Crippen LogP contribution in [0.5, 0.6) is 5.75 Å². The van der Waals surface area contributed by atoms with Crippen molar-refractivity contribution in [1.29, 1.82) is 0 Å². The van der Waals surface area contributed by atoms with E-state index in [1.807, 2.05) is 18.5 Å². The minimum absolute atomic E-state index is 0.870. The number of halogens is 20. The minimum atomic E-state index is -7.22. The average Bonchev–Trinajstić information content (AvgIpc) is 3.37. The summed E-state index contributed by atoms with van der Waals surface area (Å²) in [4.78, 5) is 5.95. The highest BCUT2D eigenvalue weighted by atomic mass is 19.2. The van der Waals surface area contributed by atoms with Gasteiger partial charge in [-0.1, -0.05) is 82.2 Å². The molecule has 0 radical (unpaired) electrons. The average molecular weight is 1040 g/mol. The van der Waals surface area contributed by atoms with Crippen LogP contribution in [-0.2, 0) is 6.42 Å². The number of pyridine rings is 1. The summed E-state index contributed by atoms with van der Waals surface area (Å²) >= 11 is 0. The van der Waals surface area contributed by atoms with Crippen LogP contribution in [0, 0.1) is 116 Å². The molecule has 0 N–H and O–H groups in total. The zero-order valence-corrected chi connectivity index (χ0v) is 36.7. The molecule has 7 rings (SSSR count). The maximum atomic E-state index is 15.4. The van der Waals surface area contributed by atoms with Gasteiger partial charge in [-0.15, -0.1) is 21.9 Å². The van der Waals surface area contributed by atoms with Crippen molar-refractivity contribution in [2.24, 2.45) is 0 Å². The molecule has 0 aliphatic rings. The Balaban J connectivity index is 0.000000266. The summed E-state index contributed by atoms with van der Waals surface area (Å²) in [6.07, 6.45) is 8.87.